The second-order valence-corrected chi connectivity index (χ2v) is 10.2. The minimum absolute atomic E-state index is 0.189. The summed E-state index contributed by atoms with van der Waals surface area (Å²) in [5, 5.41) is 0.671. The minimum Gasteiger partial charge on any atom is -0.343 e. The molecule has 1 amide bonds. The Balaban J connectivity index is 0.00000145. The van der Waals surface area contributed by atoms with Crippen molar-refractivity contribution in [1.82, 2.24) is 14.1 Å². The maximum atomic E-state index is 12.2. The Labute approximate surface area is 183 Å². The monoisotopic (exact) mass is 425 g/mol. The third-order valence-electron chi connectivity index (χ3n) is 6.64. The third-order valence-corrected chi connectivity index (χ3v) is 8.08. The molecule has 0 atom stereocenters. The molecule has 6 heteroatoms. The van der Waals surface area contributed by atoms with Crippen molar-refractivity contribution in [3.05, 3.63) is 0 Å². The normalized spacial score (nSPS) is 27.4. The fraction of sp³-hybridized carbons (Fsp3) is 0.913. The molecule has 3 fully saturated rings. The number of amides is 1. The Bertz CT molecular complexity index is 504. The van der Waals surface area contributed by atoms with Gasteiger partial charge in [0, 0.05) is 69.3 Å². The number of hydrogen-bond acceptors (Lipinski definition) is 5. The summed E-state index contributed by atoms with van der Waals surface area (Å²) in [5.41, 5.74) is 0. The van der Waals surface area contributed by atoms with Crippen LogP contribution < -0.4 is 0 Å². The molecule has 0 unspecified atom stereocenters. The van der Waals surface area contributed by atoms with Crippen LogP contribution in [0.25, 0.3) is 0 Å². The van der Waals surface area contributed by atoms with Crippen LogP contribution in [-0.2, 0) is 9.59 Å². The highest BCUT2D eigenvalue weighted by molar-refractivity contribution is 7.97. The number of hydrogen-bond donors (Lipinski definition) is 0. The van der Waals surface area contributed by atoms with Crippen molar-refractivity contribution >= 4 is 23.6 Å². The molecule has 5 nitrogen and oxygen atoms in total. The Morgan fingerprint density at radius 2 is 1.38 bits per heavy atom. The van der Waals surface area contributed by atoms with Gasteiger partial charge in [-0.15, -0.1) is 0 Å². The zero-order chi connectivity index (χ0) is 21.4. The number of piperazine rings is 1. The molecule has 3 aliphatic rings. The van der Waals surface area contributed by atoms with Gasteiger partial charge in [0.1, 0.15) is 5.78 Å². The highest BCUT2D eigenvalue weighted by atomic mass is 32.2. The Hall–Kier alpha value is -0.590. The number of rotatable bonds is 5. The average molecular weight is 426 g/mol. The number of piperidine rings is 1. The average Bonchev–Trinajstić information content (AvgIpc) is 2.75. The van der Waals surface area contributed by atoms with E-state index < -0.39 is 0 Å². The largest absolute Gasteiger partial charge is 0.343 e. The minimum atomic E-state index is 0.189. The van der Waals surface area contributed by atoms with E-state index in [2.05, 4.69) is 9.21 Å². The topological polar surface area (TPSA) is 43.9 Å². The van der Waals surface area contributed by atoms with Crippen molar-refractivity contribution in [2.75, 3.05) is 39.3 Å². The van der Waals surface area contributed by atoms with Crippen molar-refractivity contribution < 1.29 is 9.59 Å². The molecule has 3 rings (SSSR count). The molecule has 0 bridgehead atoms. The van der Waals surface area contributed by atoms with Crippen molar-refractivity contribution in [3.63, 3.8) is 0 Å². The van der Waals surface area contributed by atoms with Crippen LogP contribution in [0.4, 0.5) is 0 Å². The van der Waals surface area contributed by atoms with Crippen molar-refractivity contribution in [2.24, 2.45) is 11.8 Å². The Morgan fingerprint density at radius 1 is 0.828 bits per heavy atom. The molecular formula is C23H43N3O2S. The van der Waals surface area contributed by atoms with Crippen LogP contribution in [0.1, 0.15) is 73.1 Å². The predicted octanol–water partition coefficient (Wildman–Crippen LogP) is 4.07. The molecule has 1 saturated carbocycles. The summed E-state index contributed by atoms with van der Waals surface area (Å²) in [5.74, 6) is 1.20. The van der Waals surface area contributed by atoms with E-state index in [9.17, 15) is 9.59 Å². The van der Waals surface area contributed by atoms with Gasteiger partial charge in [-0.3, -0.25) is 14.5 Å². The number of ketones is 1. The second-order valence-electron chi connectivity index (χ2n) is 8.84. The molecule has 0 radical (unpaired) electrons. The highest BCUT2D eigenvalue weighted by Crippen LogP contribution is 2.32. The molecule has 2 aliphatic heterocycles. The standard InChI is InChI=1S/C21H37N3O2S.C2H6/c1-16(2)21(26)18-4-6-19(7-5-18)23-12-14-24(15-13-23)27-20-8-10-22(11-9-20)17(3)25;1-2/h16,18-20H,4-15H2,1-3H3;1-2H3. The van der Waals surface area contributed by atoms with Gasteiger partial charge in [-0.2, -0.15) is 0 Å². The van der Waals surface area contributed by atoms with Crippen LogP contribution >= 0.6 is 11.9 Å². The first-order valence-electron chi connectivity index (χ1n) is 11.9. The SMILES string of the molecule is CC.CC(=O)N1CCC(SN2CCN(C3CCC(C(=O)C(C)C)CC3)CC2)CC1. The quantitative estimate of drug-likeness (QED) is 0.621. The molecule has 0 aromatic carbocycles. The summed E-state index contributed by atoms with van der Waals surface area (Å²) in [6, 6.07) is 0.687. The number of Topliss-reactive ketones (excluding diaryl/α,β-unsaturated/α-hetero) is 1. The number of carbonyl (C=O) groups excluding carboxylic acids is 2. The van der Waals surface area contributed by atoms with Gasteiger partial charge in [-0.05, 0) is 38.5 Å². The molecule has 0 spiro atoms. The molecule has 168 valence electrons. The first kappa shape index (κ1) is 24.7. The van der Waals surface area contributed by atoms with Gasteiger partial charge in [-0.1, -0.05) is 39.6 Å². The molecule has 0 N–H and O–H groups in total. The van der Waals surface area contributed by atoms with Gasteiger partial charge < -0.3 is 4.90 Å². The molecule has 0 aromatic heterocycles. The molecule has 29 heavy (non-hydrogen) atoms. The van der Waals surface area contributed by atoms with E-state index in [0.717, 1.165) is 65.0 Å². The summed E-state index contributed by atoms with van der Waals surface area (Å²) >= 11 is 2.04. The van der Waals surface area contributed by atoms with Crippen LogP contribution in [-0.4, -0.2) is 76.4 Å². The number of nitrogens with zero attached hydrogens (tertiary/aromatic N) is 3. The summed E-state index contributed by atoms with van der Waals surface area (Å²) in [6.45, 7) is 16.2. The van der Waals surface area contributed by atoms with E-state index in [0.29, 0.717) is 23.0 Å². The van der Waals surface area contributed by atoms with Crippen molar-refractivity contribution in [3.8, 4) is 0 Å². The molecule has 0 aromatic rings. The molecule has 2 heterocycles. The summed E-state index contributed by atoms with van der Waals surface area (Å²) in [4.78, 5) is 28.3. The maximum absolute atomic E-state index is 12.2. The van der Waals surface area contributed by atoms with Crippen molar-refractivity contribution in [1.29, 1.82) is 0 Å². The van der Waals surface area contributed by atoms with Crippen LogP contribution in [0.2, 0.25) is 0 Å². The lowest BCUT2D eigenvalue weighted by Crippen LogP contribution is -2.50. The number of likely N-dealkylation sites (tertiary alicyclic amines) is 1. The zero-order valence-electron chi connectivity index (χ0n) is 19.4. The van der Waals surface area contributed by atoms with Crippen LogP contribution in [0.15, 0.2) is 0 Å². The van der Waals surface area contributed by atoms with Gasteiger partial charge in [0.2, 0.25) is 5.91 Å². The second kappa shape index (κ2) is 12.3. The van der Waals surface area contributed by atoms with E-state index in [1.165, 1.54) is 12.8 Å². The van der Waals surface area contributed by atoms with Gasteiger partial charge in [0.15, 0.2) is 0 Å². The lowest BCUT2D eigenvalue weighted by Gasteiger charge is -2.42. The van der Waals surface area contributed by atoms with Gasteiger partial charge in [-0.25, -0.2) is 4.31 Å². The lowest BCUT2D eigenvalue weighted by atomic mass is 9.80. The summed E-state index contributed by atoms with van der Waals surface area (Å²) < 4.78 is 2.55. The first-order valence-corrected chi connectivity index (χ1v) is 12.7. The Kier molecular flexibility index (Phi) is 10.5. The van der Waals surface area contributed by atoms with E-state index in [-0.39, 0.29) is 11.8 Å². The predicted molar refractivity (Wildman–Crippen MR) is 123 cm³/mol. The van der Waals surface area contributed by atoms with E-state index >= 15 is 0 Å². The first-order chi connectivity index (χ1) is 13.9. The van der Waals surface area contributed by atoms with Crippen LogP contribution in [0, 0.1) is 11.8 Å². The van der Waals surface area contributed by atoms with Gasteiger partial charge in [0.25, 0.3) is 0 Å². The van der Waals surface area contributed by atoms with Gasteiger partial charge in [0.05, 0.1) is 0 Å². The zero-order valence-corrected chi connectivity index (χ0v) is 20.2. The number of carbonyl (C=O) groups is 2. The molecule has 1 aliphatic carbocycles. The molecule has 2 saturated heterocycles. The Morgan fingerprint density at radius 3 is 1.86 bits per heavy atom. The third kappa shape index (κ3) is 7.25. The summed E-state index contributed by atoms with van der Waals surface area (Å²) in [7, 11) is 0. The maximum Gasteiger partial charge on any atom is 0.219 e. The molecular weight excluding hydrogens is 382 g/mol. The highest BCUT2D eigenvalue weighted by Gasteiger charge is 2.32. The van der Waals surface area contributed by atoms with E-state index in [1.54, 1.807) is 6.92 Å². The smallest absolute Gasteiger partial charge is 0.219 e. The van der Waals surface area contributed by atoms with Crippen LogP contribution in [0.5, 0.6) is 0 Å². The lowest BCUT2D eigenvalue weighted by molar-refractivity contribution is -0.129. The van der Waals surface area contributed by atoms with Crippen molar-refractivity contribution in [2.45, 2.75) is 84.4 Å². The van der Waals surface area contributed by atoms with Gasteiger partial charge >= 0.3 is 0 Å². The fourth-order valence-electron chi connectivity index (χ4n) is 4.86. The fourth-order valence-corrected chi connectivity index (χ4v) is 6.08. The van der Waals surface area contributed by atoms with Crippen LogP contribution in [0.3, 0.4) is 0 Å². The van der Waals surface area contributed by atoms with E-state index in [1.807, 2.05) is 44.5 Å². The van der Waals surface area contributed by atoms with E-state index in [4.69, 9.17) is 0 Å². The summed E-state index contributed by atoms with van der Waals surface area (Å²) in [6.07, 6.45) is 6.81.